The van der Waals surface area contributed by atoms with Crippen LogP contribution in [-0.2, 0) is 14.3 Å². The number of fused-ring (bicyclic) bond motifs is 1. The summed E-state index contributed by atoms with van der Waals surface area (Å²) in [6, 6.07) is 17.8. The lowest BCUT2D eigenvalue weighted by Gasteiger charge is -2.26. The summed E-state index contributed by atoms with van der Waals surface area (Å²) in [5.74, 6) is -2.50. The van der Waals surface area contributed by atoms with E-state index in [1.54, 1.807) is 18.2 Å². The van der Waals surface area contributed by atoms with Gasteiger partial charge in [-0.15, -0.1) is 0 Å². The predicted molar refractivity (Wildman–Crippen MR) is 120 cm³/mol. The van der Waals surface area contributed by atoms with Gasteiger partial charge in [0.15, 0.2) is 0 Å². The summed E-state index contributed by atoms with van der Waals surface area (Å²) >= 11 is 0. The summed E-state index contributed by atoms with van der Waals surface area (Å²) in [6.45, 7) is 4.01. The van der Waals surface area contributed by atoms with E-state index in [1.807, 2.05) is 44.2 Å². The normalized spacial score (nSPS) is 18.1. The van der Waals surface area contributed by atoms with E-state index in [9.17, 15) is 19.1 Å². The molecule has 0 spiro atoms. The van der Waals surface area contributed by atoms with Crippen molar-refractivity contribution in [2.45, 2.75) is 26.0 Å². The van der Waals surface area contributed by atoms with Crippen LogP contribution in [0.2, 0.25) is 0 Å². The Balaban J connectivity index is 1.84. The fourth-order valence-electron chi connectivity index (χ4n) is 4.01. The number of aliphatic hydroxyl groups excluding tert-OH is 1. The number of hydrogen-bond donors (Lipinski definition) is 1. The van der Waals surface area contributed by atoms with E-state index in [0.717, 1.165) is 10.8 Å². The Morgan fingerprint density at radius 2 is 1.72 bits per heavy atom. The van der Waals surface area contributed by atoms with Gasteiger partial charge in [-0.2, -0.15) is 0 Å². The zero-order valence-electron chi connectivity index (χ0n) is 17.9. The number of ketones is 1. The first-order valence-corrected chi connectivity index (χ1v) is 10.5. The molecule has 1 heterocycles. The molecule has 1 atom stereocenters. The third-order valence-corrected chi connectivity index (χ3v) is 5.55. The lowest BCUT2D eigenvalue weighted by molar-refractivity contribution is -0.140. The molecule has 32 heavy (non-hydrogen) atoms. The highest BCUT2D eigenvalue weighted by Crippen LogP contribution is 2.40. The van der Waals surface area contributed by atoms with Gasteiger partial charge < -0.3 is 14.7 Å². The van der Waals surface area contributed by atoms with Crippen LogP contribution in [-0.4, -0.2) is 41.0 Å². The van der Waals surface area contributed by atoms with Gasteiger partial charge in [-0.25, -0.2) is 4.39 Å². The maximum Gasteiger partial charge on any atom is 0.295 e. The first-order valence-electron chi connectivity index (χ1n) is 10.5. The van der Waals surface area contributed by atoms with E-state index < -0.39 is 23.5 Å². The van der Waals surface area contributed by atoms with Crippen molar-refractivity contribution in [1.29, 1.82) is 0 Å². The molecule has 0 bridgehead atoms. The van der Waals surface area contributed by atoms with Crippen LogP contribution >= 0.6 is 0 Å². The standard InChI is InChI=1S/C26H24FNO4/c1-16(2)32-14-13-28-23(20-9-5-6-10-21(20)27)22(25(30)26(28)31)24(29)19-12-11-17-7-3-4-8-18(17)15-19/h3-12,15-16,23,29H,13-14H2,1-2H3/b24-22+. The maximum absolute atomic E-state index is 14.8. The second-order valence-electron chi connectivity index (χ2n) is 8.00. The SMILES string of the molecule is CC(C)OCCN1C(=O)C(=O)/C(=C(/O)c2ccc3ccccc3c2)C1c1ccccc1F. The number of carbonyl (C=O) groups excluding carboxylic acids is 2. The van der Waals surface area contributed by atoms with Gasteiger partial charge in [0.2, 0.25) is 0 Å². The molecule has 3 aromatic carbocycles. The van der Waals surface area contributed by atoms with Crippen molar-refractivity contribution in [3.05, 3.63) is 89.2 Å². The van der Waals surface area contributed by atoms with Crippen molar-refractivity contribution >= 4 is 28.2 Å². The Labute approximate surface area is 185 Å². The van der Waals surface area contributed by atoms with E-state index in [-0.39, 0.29) is 36.2 Å². The molecule has 6 heteroatoms. The quantitative estimate of drug-likeness (QED) is 0.344. The van der Waals surface area contributed by atoms with Crippen molar-refractivity contribution in [3.8, 4) is 0 Å². The van der Waals surface area contributed by atoms with Gasteiger partial charge in [-0.05, 0) is 36.8 Å². The molecule has 0 aromatic heterocycles. The van der Waals surface area contributed by atoms with Crippen LogP contribution in [0.3, 0.4) is 0 Å². The van der Waals surface area contributed by atoms with Crippen LogP contribution in [0.25, 0.3) is 16.5 Å². The van der Waals surface area contributed by atoms with Gasteiger partial charge in [0.05, 0.1) is 24.3 Å². The smallest absolute Gasteiger partial charge is 0.295 e. The molecule has 1 amide bonds. The third kappa shape index (κ3) is 4.01. The van der Waals surface area contributed by atoms with Crippen LogP contribution < -0.4 is 0 Å². The van der Waals surface area contributed by atoms with E-state index in [4.69, 9.17) is 4.74 Å². The maximum atomic E-state index is 14.8. The fourth-order valence-corrected chi connectivity index (χ4v) is 4.01. The highest BCUT2D eigenvalue weighted by molar-refractivity contribution is 6.46. The predicted octanol–water partition coefficient (Wildman–Crippen LogP) is 4.83. The lowest BCUT2D eigenvalue weighted by atomic mass is 9.94. The number of aliphatic hydroxyl groups is 1. The Morgan fingerprint density at radius 3 is 2.44 bits per heavy atom. The van der Waals surface area contributed by atoms with Crippen LogP contribution in [0.15, 0.2) is 72.3 Å². The number of benzene rings is 3. The van der Waals surface area contributed by atoms with Gasteiger partial charge in [0.1, 0.15) is 11.6 Å². The summed E-state index contributed by atoms with van der Waals surface area (Å²) in [5.41, 5.74) is 0.417. The highest BCUT2D eigenvalue weighted by Gasteiger charge is 2.46. The number of amides is 1. The molecule has 0 saturated carbocycles. The largest absolute Gasteiger partial charge is 0.507 e. The number of ether oxygens (including phenoxy) is 1. The second kappa shape index (κ2) is 8.93. The number of hydrogen-bond acceptors (Lipinski definition) is 4. The Bertz CT molecular complexity index is 1220. The monoisotopic (exact) mass is 433 g/mol. The average molecular weight is 433 g/mol. The van der Waals surface area contributed by atoms with Crippen molar-refractivity contribution in [3.63, 3.8) is 0 Å². The molecule has 1 fully saturated rings. The first-order chi connectivity index (χ1) is 15.4. The van der Waals surface area contributed by atoms with E-state index in [1.165, 1.54) is 23.1 Å². The topological polar surface area (TPSA) is 66.8 Å². The second-order valence-corrected chi connectivity index (χ2v) is 8.00. The first kappa shape index (κ1) is 21.7. The summed E-state index contributed by atoms with van der Waals surface area (Å²) in [7, 11) is 0. The third-order valence-electron chi connectivity index (χ3n) is 5.55. The summed E-state index contributed by atoms with van der Waals surface area (Å²) in [6.07, 6.45) is -0.0590. The molecule has 1 unspecified atom stereocenters. The highest BCUT2D eigenvalue weighted by atomic mass is 19.1. The van der Waals surface area contributed by atoms with Crippen molar-refractivity contribution in [2.24, 2.45) is 0 Å². The molecule has 1 saturated heterocycles. The molecule has 0 aliphatic carbocycles. The van der Waals surface area contributed by atoms with Gasteiger partial charge >= 0.3 is 0 Å². The number of rotatable bonds is 6. The van der Waals surface area contributed by atoms with Crippen LogP contribution in [0, 0.1) is 5.82 Å². The summed E-state index contributed by atoms with van der Waals surface area (Å²) in [4.78, 5) is 27.2. The molecule has 1 aliphatic rings. The summed E-state index contributed by atoms with van der Waals surface area (Å²) in [5, 5.41) is 13.0. The van der Waals surface area contributed by atoms with E-state index in [0.29, 0.717) is 5.56 Å². The molecule has 1 N–H and O–H groups in total. The number of Topliss-reactive ketones (excluding diaryl/α,β-unsaturated/α-hetero) is 1. The van der Waals surface area contributed by atoms with Crippen molar-refractivity contribution in [1.82, 2.24) is 4.90 Å². The van der Waals surface area contributed by atoms with Gasteiger partial charge in [0, 0.05) is 17.7 Å². The van der Waals surface area contributed by atoms with Crippen molar-refractivity contribution in [2.75, 3.05) is 13.2 Å². The summed E-state index contributed by atoms with van der Waals surface area (Å²) < 4.78 is 20.3. The van der Waals surface area contributed by atoms with Gasteiger partial charge in [-0.3, -0.25) is 9.59 Å². The Morgan fingerprint density at radius 1 is 1.03 bits per heavy atom. The molecular formula is C26H24FNO4. The zero-order chi connectivity index (χ0) is 22.8. The number of halogens is 1. The number of nitrogens with zero attached hydrogens (tertiary/aromatic N) is 1. The van der Waals surface area contributed by atoms with Crippen molar-refractivity contribution < 1.29 is 23.8 Å². The lowest BCUT2D eigenvalue weighted by Crippen LogP contribution is -2.33. The molecule has 3 aromatic rings. The van der Waals surface area contributed by atoms with Crippen LogP contribution in [0.5, 0.6) is 0 Å². The average Bonchev–Trinajstić information content (AvgIpc) is 3.03. The van der Waals surface area contributed by atoms with Crippen LogP contribution in [0.1, 0.15) is 31.0 Å². The molecule has 164 valence electrons. The fraction of sp³-hybridized carbons (Fsp3) is 0.231. The van der Waals surface area contributed by atoms with Gasteiger partial charge in [-0.1, -0.05) is 54.6 Å². The Kier molecular flexibility index (Phi) is 6.06. The number of likely N-dealkylation sites (tertiary alicyclic amines) is 1. The van der Waals surface area contributed by atoms with E-state index in [2.05, 4.69) is 0 Å². The Hall–Kier alpha value is -3.51. The molecule has 1 aliphatic heterocycles. The molecule has 0 radical (unpaired) electrons. The minimum absolute atomic E-state index is 0.0590. The number of carbonyl (C=O) groups is 2. The molecule has 4 rings (SSSR count). The van der Waals surface area contributed by atoms with E-state index >= 15 is 0 Å². The van der Waals surface area contributed by atoms with Gasteiger partial charge in [0.25, 0.3) is 11.7 Å². The molecular weight excluding hydrogens is 409 g/mol. The minimum atomic E-state index is -1.04. The minimum Gasteiger partial charge on any atom is -0.507 e. The van der Waals surface area contributed by atoms with Crippen LogP contribution in [0.4, 0.5) is 4.39 Å². The zero-order valence-corrected chi connectivity index (χ0v) is 17.9. The molecule has 5 nitrogen and oxygen atoms in total.